The molecule has 2 N–H and O–H groups in total. The van der Waals surface area contributed by atoms with Crippen molar-refractivity contribution < 1.29 is 0 Å². The van der Waals surface area contributed by atoms with Crippen LogP contribution in [0.4, 0.5) is 0 Å². The third kappa shape index (κ3) is 2.13. The predicted molar refractivity (Wildman–Crippen MR) is 70.6 cm³/mol. The number of H-pyrrole nitrogens is 1. The number of imidazole rings is 1. The first-order valence-electron chi connectivity index (χ1n) is 6.08. The van der Waals surface area contributed by atoms with Gasteiger partial charge in [-0.05, 0) is 5.75 Å². The largest absolute Gasteiger partial charge is 0.348 e. The second-order valence-electron chi connectivity index (χ2n) is 4.14. The molecule has 1 aliphatic rings. The van der Waals surface area contributed by atoms with Crippen LogP contribution in [0.5, 0.6) is 0 Å². The minimum Gasteiger partial charge on any atom is -0.348 e. The standard InChI is InChI=1S/C12H15N5S/c1-2-18-12-14-5-8(6-15-12)10-11-9(3-4-13-10)16-7-17-11/h5-7,10,13H,2-4H2,1H3,(H,16,17). The van der Waals surface area contributed by atoms with Gasteiger partial charge in [0.15, 0.2) is 5.16 Å². The molecule has 0 bridgehead atoms. The molecule has 0 aliphatic carbocycles. The van der Waals surface area contributed by atoms with Gasteiger partial charge in [-0.15, -0.1) is 0 Å². The molecule has 94 valence electrons. The molecular weight excluding hydrogens is 246 g/mol. The second kappa shape index (κ2) is 5.07. The normalized spacial score (nSPS) is 18.6. The van der Waals surface area contributed by atoms with E-state index in [9.17, 15) is 0 Å². The maximum Gasteiger partial charge on any atom is 0.187 e. The Morgan fingerprint density at radius 1 is 1.33 bits per heavy atom. The fourth-order valence-corrected chi connectivity index (χ4v) is 2.69. The van der Waals surface area contributed by atoms with Crippen LogP contribution in [0.25, 0.3) is 0 Å². The third-order valence-corrected chi connectivity index (χ3v) is 3.76. The molecule has 0 fully saturated rings. The first kappa shape index (κ1) is 11.7. The summed E-state index contributed by atoms with van der Waals surface area (Å²) in [7, 11) is 0. The van der Waals surface area contributed by atoms with E-state index in [-0.39, 0.29) is 6.04 Å². The van der Waals surface area contributed by atoms with E-state index in [1.807, 2.05) is 12.4 Å². The highest BCUT2D eigenvalue weighted by atomic mass is 32.2. The summed E-state index contributed by atoms with van der Waals surface area (Å²) in [6, 6.07) is 0.112. The fourth-order valence-electron chi connectivity index (χ4n) is 2.17. The summed E-state index contributed by atoms with van der Waals surface area (Å²) >= 11 is 1.65. The highest BCUT2D eigenvalue weighted by Gasteiger charge is 2.24. The van der Waals surface area contributed by atoms with Crippen molar-refractivity contribution in [3.8, 4) is 0 Å². The summed E-state index contributed by atoms with van der Waals surface area (Å²) in [6.07, 6.45) is 6.54. The van der Waals surface area contributed by atoms with E-state index in [2.05, 4.69) is 32.2 Å². The van der Waals surface area contributed by atoms with E-state index >= 15 is 0 Å². The Morgan fingerprint density at radius 2 is 2.17 bits per heavy atom. The van der Waals surface area contributed by atoms with E-state index in [0.29, 0.717) is 0 Å². The number of hydrogen-bond acceptors (Lipinski definition) is 5. The van der Waals surface area contributed by atoms with Gasteiger partial charge < -0.3 is 10.3 Å². The van der Waals surface area contributed by atoms with Gasteiger partial charge in [-0.25, -0.2) is 15.0 Å². The highest BCUT2D eigenvalue weighted by molar-refractivity contribution is 7.99. The lowest BCUT2D eigenvalue weighted by Gasteiger charge is -2.22. The van der Waals surface area contributed by atoms with Gasteiger partial charge in [-0.1, -0.05) is 18.7 Å². The molecule has 0 saturated heterocycles. The van der Waals surface area contributed by atoms with Crippen molar-refractivity contribution in [3.63, 3.8) is 0 Å². The zero-order chi connectivity index (χ0) is 12.4. The molecule has 1 unspecified atom stereocenters. The summed E-state index contributed by atoms with van der Waals surface area (Å²) in [4.78, 5) is 16.3. The zero-order valence-corrected chi connectivity index (χ0v) is 11.0. The third-order valence-electron chi connectivity index (χ3n) is 3.00. The SMILES string of the molecule is CCSc1ncc(C2NCCc3[nH]cnc32)cn1. The Hall–Kier alpha value is -1.40. The summed E-state index contributed by atoms with van der Waals surface area (Å²) in [5, 5.41) is 4.29. The summed E-state index contributed by atoms with van der Waals surface area (Å²) in [5.74, 6) is 0.991. The molecule has 3 rings (SSSR count). The predicted octanol–water partition coefficient (Wildman–Crippen LogP) is 1.55. The minimum absolute atomic E-state index is 0.112. The van der Waals surface area contributed by atoms with Crippen LogP contribution < -0.4 is 5.32 Å². The number of aromatic nitrogens is 4. The number of thioether (sulfide) groups is 1. The molecule has 2 aromatic heterocycles. The van der Waals surface area contributed by atoms with Crippen LogP contribution in [0.1, 0.15) is 29.9 Å². The van der Waals surface area contributed by atoms with Crippen molar-refractivity contribution in [2.24, 2.45) is 0 Å². The molecule has 0 spiro atoms. The highest BCUT2D eigenvalue weighted by Crippen LogP contribution is 2.25. The van der Waals surface area contributed by atoms with Gasteiger partial charge in [-0.2, -0.15) is 0 Å². The molecule has 0 amide bonds. The summed E-state index contributed by atoms with van der Waals surface area (Å²) in [6.45, 7) is 3.05. The van der Waals surface area contributed by atoms with Gasteiger partial charge >= 0.3 is 0 Å². The van der Waals surface area contributed by atoms with Crippen molar-refractivity contribution in [2.75, 3.05) is 12.3 Å². The van der Waals surface area contributed by atoms with Gasteiger partial charge in [0.2, 0.25) is 0 Å². The smallest absolute Gasteiger partial charge is 0.187 e. The fraction of sp³-hybridized carbons (Fsp3) is 0.417. The molecule has 0 saturated carbocycles. The molecule has 1 aliphatic heterocycles. The van der Waals surface area contributed by atoms with E-state index < -0.39 is 0 Å². The van der Waals surface area contributed by atoms with Crippen molar-refractivity contribution >= 4 is 11.8 Å². The number of aromatic amines is 1. The van der Waals surface area contributed by atoms with Crippen LogP contribution in [0, 0.1) is 0 Å². The Bertz CT molecular complexity index is 522. The zero-order valence-electron chi connectivity index (χ0n) is 10.2. The molecular formula is C12H15N5S. The monoisotopic (exact) mass is 261 g/mol. The van der Waals surface area contributed by atoms with Crippen molar-refractivity contribution in [2.45, 2.75) is 24.5 Å². The average Bonchev–Trinajstić information content (AvgIpc) is 2.88. The maximum atomic E-state index is 4.39. The van der Waals surface area contributed by atoms with Crippen LogP contribution >= 0.6 is 11.8 Å². The van der Waals surface area contributed by atoms with E-state index in [1.165, 1.54) is 5.69 Å². The lowest BCUT2D eigenvalue weighted by molar-refractivity contribution is 0.549. The second-order valence-corrected chi connectivity index (χ2v) is 5.37. The van der Waals surface area contributed by atoms with E-state index in [0.717, 1.165) is 35.1 Å². The number of nitrogens with one attached hydrogen (secondary N) is 2. The maximum absolute atomic E-state index is 4.39. The number of nitrogens with zero attached hydrogens (tertiary/aromatic N) is 3. The number of rotatable bonds is 3. The average molecular weight is 261 g/mol. The van der Waals surface area contributed by atoms with Crippen LogP contribution in [-0.4, -0.2) is 32.2 Å². The quantitative estimate of drug-likeness (QED) is 0.648. The van der Waals surface area contributed by atoms with Gasteiger partial charge in [0.1, 0.15) is 0 Å². The first-order valence-corrected chi connectivity index (χ1v) is 7.07. The molecule has 5 nitrogen and oxygen atoms in total. The van der Waals surface area contributed by atoms with Gasteiger partial charge in [0.25, 0.3) is 0 Å². The molecule has 0 radical (unpaired) electrons. The molecule has 1 atom stereocenters. The minimum atomic E-state index is 0.112. The number of fused-ring (bicyclic) bond motifs is 1. The van der Waals surface area contributed by atoms with Crippen LogP contribution in [-0.2, 0) is 6.42 Å². The van der Waals surface area contributed by atoms with Gasteiger partial charge in [0, 0.05) is 36.6 Å². The summed E-state index contributed by atoms with van der Waals surface area (Å²) in [5.41, 5.74) is 3.36. The molecule has 6 heteroatoms. The Morgan fingerprint density at radius 3 is 2.94 bits per heavy atom. The van der Waals surface area contributed by atoms with Crippen molar-refractivity contribution in [3.05, 3.63) is 35.7 Å². The lowest BCUT2D eigenvalue weighted by Crippen LogP contribution is -2.30. The van der Waals surface area contributed by atoms with E-state index in [4.69, 9.17) is 0 Å². The molecule has 18 heavy (non-hydrogen) atoms. The lowest BCUT2D eigenvalue weighted by atomic mass is 10.0. The Balaban J connectivity index is 1.88. The van der Waals surface area contributed by atoms with Gasteiger partial charge in [0.05, 0.1) is 18.1 Å². The first-order chi connectivity index (χ1) is 8.88. The van der Waals surface area contributed by atoms with Crippen LogP contribution in [0.3, 0.4) is 0 Å². The number of hydrogen-bond donors (Lipinski definition) is 2. The van der Waals surface area contributed by atoms with E-state index in [1.54, 1.807) is 18.1 Å². The Labute approximate surface area is 110 Å². The molecule has 2 aromatic rings. The summed E-state index contributed by atoms with van der Waals surface area (Å²) < 4.78 is 0. The van der Waals surface area contributed by atoms with Gasteiger partial charge in [-0.3, -0.25) is 0 Å². The van der Waals surface area contributed by atoms with Crippen molar-refractivity contribution in [1.82, 2.24) is 25.3 Å². The topological polar surface area (TPSA) is 66.5 Å². The molecule has 3 heterocycles. The van der Waals surface area contributed by atoms with Crippen LogP contribution in [0.15, 0.2) is 23.9 Å². The van der Waals surface area contributed by atoms with Crippen molar-refractivity contribution in [1.29, 1.82) is 0 Å². The Kier molecular flexibility index (Phi) is 3.29. The molecule has 0 aromatic carbocycles. The van der Waals surface area contributed by atoms with Crippen LogP contribution in [0.2, 0.25) is 0 Å².